The van der Waals surface area contributed by atoms with Crippen molar-refractivity contribution in [3.05, 3.63) is 77.4 Å². The van der Waals surface area contributed by atoms with Gasteiger partial charge in [0.25, 0.3) is 0 Å². The van der Waals surface area contributed by atoms with Gasteiger partial charge in [-0.15, -0.1) is 0 Å². The maximum absolute atomic E-state index is 12.8. The Morgan fingerprint density at radius 1 is 1.06 bits per heavy atom. The lowest BCUT2D eigenvalue weighted by Gasteiger charge is -2.25. The Hall–Kier alpha value is -3.62. The lowest BCUT2D eigenvalue weighted by Crippen LogP contribution is -2.39. The molecule has 1 aliphatic rings. The SMILES string of the molecule is C[C@@H]1/C=C\C(OC(=O)c2ccccc2)C(O)C(O)C/C=C/c2cc(O)cc(O)c2C(=O)O[C@H]1C. The van der Waals surface area contributed by atoms with Gasteiger partial charge in [-0.2, -0.15) is 0 Å². The minimum Gasteiger partial charge on any atom is -0.508 e. The molecule has 3 unspecified atom stereocenters. The Labute approximate surface area is 197 Å². The second kappa shape index (κ2) is 11.0. The molecule has 1 aliphatic heterocycles. The Bertz CT molecular complexity index is 1080. The van der Waals surface area contributed by atoms with E-state index in [4.69, 9.17) is 9.47 Å². The molecule has 5 atom stereocenters. The first kappa shape index (κ1) is 25.0. The zero-order chi connectivity index (χ0) is 24.8. The number of aromatic hydroxyl groups is 2. The molecule has 8 heteroatoms. The van der Waals surface area contributed by atoms with E-state index < -0.39 is 42.1 Å². The standard InChI is InChI=1S/C26H28O8/c1-15-11-12-22(34-25(31)17-7-4-3-5-8-17)24(30)20(28)10-6-9-18-13-19(27)14-21(29)23(18)26(32)33-16(15)2/h3-9,11-16,20,22,24,27-30H,10H2,1-2H3/b9-6+,12-11-/t15-,16+,20?,22?,24?/m1/s1. The average Bonchev–Trinajstić information content (AvgIpc) is 2.80. The highest BCUT2D eigenvalue weighted by Crippen LogP contribution is 2.30. The second-order valence-electron chi connectivity index (χ2n) is 8.22. The van der Waals surface area contributed by atoms with Crippen molar-refractivity contribution < 1.29 is 39.5 Å². The van der Waals surface area contributed by atoms with E-state index in [0.29, 0.717) is 5.56 Å². The molecular formula is C26H28O8. The number of hydrogen-bond acceptors (Lipinski definition) is 8. The predicted octanol–water partition coefficient (Wildman–Crippen LogP) is 3.20. The number of phenolic OH excluding ortho intramolecular Hbond substituents is 2. The highest BCUT2D eigenvalue weighted by molar-refractivity contribution is 5.97. The van der Waals surface area contributed by atoms with Gasteiger partial charge in [-0.25, -0.2) is 9.59 Å². The molecule has 0 fully saturated rings. The molecule has 0 saturated heterocycles. The number of hydrogen-bond donors (Lipinski definition) is 4. The van der Waals surface area contributed by atoms with Crippen molar-refractivity contribution in [1.29, 1.82) is 0 Å². The first-order valence-corrected chi connectivity index (χ1v) is 10.9. The van der Waals surface area contributed by atoms with E-state index in [1.165, 1.54) is 24.3 Å². The molecule has 0 aliphatic carbocycles. The molecule has 34 heavy (non-hydrogen) atoms. The number of fused-ring (bicyclic) bond motifs is 1. The Kier molecular flexibility index (Phi) is 8.09. The topological polar surface area (TPSA) is 134 Å². The second-order valence-corrected chi connectivity index (χ2v) is 8.22. The molecule has 180 valence electrons. The molecule has 8 nitrogen and oxygen atoms in total. The monoisotopic (exact) mass is 468 g/mol. The number of esters is 2. The third kappa shape index (κ3) is 6.03. The van der Waals surface area contributed by atoms with Crippen LogP contribution in [0.25, 0.3) is 6.08 Å². The van der Waals surface area contributed by atoms with Gasteiger partial charge in [0.1, 0.15) is 35.4 Å². The quantitative estimate of drug-likeness (QED) is 0.390. The molecule has 0 radical (unpaired) electrons. The maximum Gasteiger partial charge on any atom is 0.342 e. The molecule has 0 aromatic heterocycles. The zero-order valence-electron chi connectivity index (χ0n) is 18.9. The van der Waals surface area contributed by atoms with Crippen molar-refractivity contribution in [2.75, 3.05) is 0 Å². The molecule has 0 amide bonds. The number of carbonyl (C=O) groups excluding carboxylic acids is 2. The highest BCUT2D eigenvalue weighted by atomic mass is 16.6. The summed E-state index contributed by atoms with van der Waals surface area (Å²) in [5, 5.41) is 41.4. The van der Waals surface area contributed by atoms with Gasteiger partial charge >= 0.3 is 11.9 Å². The van der Waals surface area contributed by atoms with Gasteiger partial charge in [0.15, 0.2) is 0 Å². The number of rotatable bonds is 2. The Balaban J connectivity index is 1.93. The molecule has 0 spiro atoms. The van der Waals surface area contributed by atoms with Gasteiger partial charge in [-0.05, 0) is 43.2 Å². The molecule has 0 bridgehead atoms. The number of cyclic esters (lactones) is 1. The van der Waals surface area contributed by atoms with E-state index in [-0.39, 0.29) is 29.2 Å². The first-order chi connectivity index (χ1) is 16.2. The molecule has 4 N–H and O–H groups in total. The lowest BCUT2D eigenvalue weighted by atomic mass is 9.98. The van der Waals surface area contributed by atoms with E-state index in [1.54, 1.807) is 50.3 Å². The van der Waals surface area contributed by atoms with E-state index in [0.717, 1.165) is 6.07 Å². The third-order valence-electron chi connectivity index (χ3n) is 5.63. The number of carbonyl (C=O) groups is 2. The van der Waals surface area contributed by atoms with Crippen LogP contribution < -0.4 is 0 Å². The number of phenols is 2. The summed E-state index contributed by atoms with van der Waals surface area (Å²) in [5.74, 6) is -2.51. The van der Waals surface area contributed by atoms with E-state index in [9.17, 15) is 30.0 Å². The normalized spacial score (nSPS) is 27.5. The fraction of sp³-hybridized carbons (Fsp3) is 0.308. The van der Waals surface area contributed by atoms with Gasteiger partial charge in [0, 0.05) is 12.0 Å². The van der Waals surface area contributed by atoms with Crippen molar-refractivity contribution in [3.63, 3.8) is 0 Å². The van der Waals surface area contributed by atoms with Gasteiger partial charge in [0.05, 0.1) is 11.7 Å². The van der Waals surface area contributed by atoms with Crippen LogP contribution in [0, 0.1) is 5.92 Å². The van der Waals surface area contributed by atoms with E-state index in [1.807, 2.05) is 0 Å². The van der Waals surface area contributed by atoms with Crippen molar-refractivity contribution in [2.24, 2.45) is 5.92 Å². The summed E-state index contributed by atoms with van der Waals surface area (Å²) >= 11 is 0. The van der Waals surface area contributed by atoms with Crippen LogP contribution in [0.2, 0.25) is 0 Å². The van der Waals surface area contributed by atoms with Crippen molar-refractivity contribution in [3.8, 4) is 11.5 Å². The number of ether oxygens (including phenoxy) is 2. The summed E-state index contributed by atoms with van der Waals surface area (Å²) in [7, 11) is 0. The molecule has 3 rings (SSSR count). The average molecular weight is 469 g/mol. The minimum absolute atomic E-state index is 0.0642. The van der Waals surface area contributed by atoms with Crippen LogP contribution in [-0.2, 0) is 9.47 Å². The molecule has 1 heterocycles. The van der Waals surface area contributed by atoms with Crippen LogP contribution in [-0.4, -0.2) is 56.8 Å². The van der Waals surface area contributed by atoms with Crippen LogP contribution >= 0.6 is 0 Å². The highest BCUT2D eigenvalue weighted by Gasteiger charge is 2.29. The van der Waals surface area contributed by atoms with Crippen LogP contribution in [0.3, 0.4) is 0 Å². The molecular weight excluding hydrogens is 440 g/mol. The Morgan fingerprint density at radius 3 is 2.47 bits per heavy atom. The summed E-state index contributed by atoms with van der Waals surface area (Å²) in [4.78, 5) is 25.3. The van der Waals surface area contributed by atoms with Gasteiger partial charge in [-0.1, -0.05) is 43.4 Å². The molecule has 0 saturated carbocycles. The van der Waals surface area contributed by atoms with Gasteiger partial charge in [-0.3, -0.25) is 0 Å². The van der Waals surface area contributed by atoms with Crippen LogP contribution in [0.4, 0.5) is 0 Å². The summed E-state index contributed by atoms with van der Waals surface area (Å²) < 4.78 is 11.0. The van der Waals surface area contributed by atoms with Crippen molar-refractivity contribution in [1.82, 2.24) is 0 Å². The van der Waals surface area contributed by atoms with E-state index in [2.05, 4.69) is 0 Å². The third-order valence-corrected chi connectivity index (χ3v) is 5.63. The van der Waals surface area contributed by atoms with E-state index >= 15 is 0 Å². The maximum atomic E-state index is 12.8. The summed E-state index contributed by atoms with van der Waals surface area (Å²) in [5.41, 5.74) is 0.353. The fourth-order valence-corrected chi connectivity index (χ4v) is 3.45. The predicted molar refractivity (Wildman–Crippen MR) is 124 cm³/mol. The van der Waals surface area contributed by atoms with Crippen LogP contribution in [0.5, 0.6) is 11.5 Å². The van der Waals surface area contributed by atoms with Crippen molar-refractivity contribution in [2.45, 2.75) is 44.7 Å². The van der Waals surface area contributed by atoms with Crippen LogP contribution in [0.15, 0.2) is 60.7 Å². The zero-order valence-corrected chi connectivity index (χ0v) is 18.9. The lowest BCUT2D eigenvalue weighted by molar-refractivity contribution is -0.0521. The fourth-order valence-electron chi connectivity index (χ4n) is 3.45. The van der Waals surface area contributed by atoms with Gasteiger partial charge in [0.2, 0.25) is 0 Å². The number of benzene rings is 2. The summed E-state index contributed by atoms with van der Waals surface area (Å²) in [6.45, 7) is 3.42. The summed E-state index contributed by atoms with van der Waals surface area (Å²) in [6.07, 6.45) is 1.34. The van der Waals surface area contributed by atoms with Gasteiger partial charge < -0.3 is 29.9 Å². The smallest absolute Gasteiger partial charge is 0.342 e. The molecule has 2 aromatic rings. The number of aliphatic hydroxyl groups is 2. The Morgan fingerprint density at radius 2 is 1.76 bits per heavy atom. The minimum atomic E-state index is -1.45. The molecule has 2 aromatic carbocycles. The van der Waals surface area contributed by atoms with Crippen LogP contribution in [0.1, 0.15) is 46.5 Å². The van der Waals surface area contributed by atoms with Crippen molar-refractivity contribution >= 4 is 18.0 Å². The first-order valence-electron chi connectivity index (χ1n) is 10.9. The summed E-state index contributed by atoms with van der Waals surface area (Å²) in [6, 6.07) is 10.6. The largest absolute Gasteiger partial charge is 0.508 e. The number of aliphatic hydroxyl groups excluding tert-OH is 2.